The average molecular weight is 388 g/mol. The van der Waals surface area contributed by atoms with Crippen LogP contribution in [-0.2, 0) is 4.79 Å². The van der Waals surface area contributed by atoms with Crippen LogP contribution in [0.2, 0.25) is 4.34 Å². The molecule has 0 fully saturated rings. The second-order valence-corrected chi connectivity index (χ2v) is 6.71. The Morgan fingerprint density at radius 2 is 2.05 bits per heavy atom. The molecule has 0 aliphatic rings. The Hall–Kier alpha value is -1.37. The summed E-state index contributed by atoms with van der Waals surface area (Å²) < 4.78 is 6.98. The lowest BCUT2D eigenvalue weighted by molar-refractivity contribution is -0.123. The van der Waals surface area contributed by atoms with E-state index < -0.39 is 0 Å². The molecule has 0 radical (unpaired) electrons. The summed E-state index contributed by atoms with van der Waals surface area (Å²) in [6, 6.07) is 10.9. The van der Waals surface area contributed by atoms with Gasteiger partial charge in [0, 0.05) is 4.47 Å². The quantitative estimate of drug-likeness (QED) is 0.621. The standard InChI is InChI=1S/C14H12BrClN2O2S/c1-9(12-6-7-13(16)21-12)17-18-14(19)8-20-11-4-2-10(15)3-5-11/h2-7H,8H2,1H3,(H,18,19)/b17-9-. The number of nitrogens with zero attached hydrogens (tertiary/aromatic N) is 1. The zero-order chi connectivity index (χ0) is 15.2. The number of hydrogen-bond acceptors (Lipinski definition) is 4. The highest BCUT2D eigenvalue weighted by atomic mass is 79.9. The van der Waals surface area contributed by atoms with Crippen LogP contribution in [-0.4, -0.2) is 18.2 Å². The maximum absolute atomic E-state index is 11.6. The summed E-state index contributed by atoms with van der Waals surface area (Å²) in [5.74, 6) is 0.305. The lowest BCUT2D eigenvalue weighted by Crippen LogP contribution is -2.25. The Balaban J connectivity index is 1.83. The largest absolute Gasteiger partial charge is 0.484 e. The molecule has 2 rings (SSSR count). The van der Waals surface area contributed by atoms with Crippen LogP contribution in [0.25, 0.3) is 0 Å². The summed E-state index contributed by atoms with van der Waals surface area (Å²) in [5, 5.41) is 4.02. The van der Waals surface area contributed by atoms with Gasteiger partial charge in [-0.05, 0) is 43.3 Å². The fourth-order valence-corrected chi connectivity index (χ4v) is 2.67. The number of ether oxygens (including phenoxy) is 1. The van der Waals surface area contributed by atoms with Crippen molar-refractivity contribution in [1.82, 2.24) is 5.43 Å². The van der Waals surface area contributed by atoms with E-state index in [0.717, 1.165) is 9.35 Å². The highest BCUT2D eigenvalue weighted by Crippen LogP contribution is 2.21. The molecule has 0 unspecified atom stereocenters. The van der Waals surface area contributed by atoms with Crippen molar-refractivity contribution in [3.8, 4) is 5.75 Å². The van der Waals surface area contributed by atoms with Gasteiger partial charge < -0.3 is 4.74 Å². The van der Waals surface area contributed by atoms with E-state index in [9.17, 15) is 4.79 Å². The maximum atomic E-state index is 11.6. The Morgan fingerprint density at radius 3 is 2.67 bits per heavy atom. The number of halogens is 2. The number of carbonyl (C=O) groups is 1. The first kappa shape index (κ1) is 16.0. The third-order valence-corrected chi connectivity index (χ3v) is 4.33. The van der Waals surface area contributed by atoms with E-state index in [-0.39, 0.29) is 12.5 Å². The predicted octanol–water partition coefficient (Wildman–Crippen LogP) is 4.08. The monoisotopic (exact) mass is 386 g/mol. The van der Waals surface area contributed by atoms with Gasteiger partial charge in [0.25, 0.3) is 5.91 Å². The minimum atomic E-state index is -0.320. The van der Waals surface area contributed by atoms with Gasteiger partial charge in [-0.2, -0.15) is 5.10 Å². The van der Waals surface area contributed by atoms with Crippen molar-refractivity contribution in [1.29, 1.82) is 0 Å². The molecular weight excluding hydrogens is 376 g/mol. The number of carbonyl (C=O) groups excluding carboxylic acids is 1. The van der Waals surface area contributed by atoms with E-state index in [1.165, 1.54) is 11.3 Å². The molecule has 0 atom stereocenters. The summed E-state index contributed by atoms with van der Waals surface area (Å²) in [6.45, 7) is 1.71. The molecule has 1 aromatic carbocycles. The first-order valence-corrected chi connectivity index (χ1v) is 8.00. The van der Waals surface area contributed by atoms with Crippen molar-refractivity contribution in [2.45, 2.75) is 6.92 Å². The van der Waals surface area contributed by atoms with E-state index >= 15 is 0 Å². The van der Waals surface area contributed by atoms with Crippen molar-refractivity contribution in [3.05, 3.63) is 50.1 Å². The van der Waals surface area contributed by atoms with Gasteiger partial charge in [0.05, 0.1) is 14.9 Å². The lowest BCUT2D eigenvalue weighted by atomic mass is 10.3. The zero-order valence-electron chi connectivity index (χ0n) is 11.1. The zero-order valence-corrected chi connectivity index (χ0v) is 14.3. The molecule has 0 bridgehead atoms. The molecule has 0 spiro atoms. The number of nitrogens with one attached hydrogen (secondary N) is 1. The van der Waals surface area contributed by atoms with Crippen molar-refractivity contribution in [3.63, 3.8) is 0 Å². The van der Waals surface area contributed by atoms with Crippen LogP contribution in [0.15, 0.2) is 46.0 Å². The average Bonchev–Trinajstić information content (AvgIpc) is 2.91. The van der Waals surface area contributed by atoms with Crippen LogP contribution in [0.1, 0.15) is 11.8 Å². The SMILES string of the molecule is C/C(=N/NC(=O)COc1ccc(Br)cc1)c1ccc(Cl)s1. The molecule has 2 aromatic rings. The van der Waals surface area contributed by atoms with E-state index in [2.05, 4.69) is 26.5 Å². The Labute approximate surface area is 139 Å². The summed E-state index contributed by atoms with van der Waals surface area (Å²) in [5.41, 5.74) is 3.15. The van der Waals surface area contributed by atoms with Gasteiger partial charge in [-0.15, -0.1) is 11.3 Å². The van der Waals surface area contributed by atoms with Gasteiger partial charge in [0.15, 0.2) is 6.61 Å². The highest BCUT2D eigenvalue weighted by Gasteiger charge is 2.04. The molecule has 0 saturated carbocycles. The van der Waals surface area contributed by atoms with Crippen molar-refractivity contribution in [2.24, 2.45) is 5.10 Å². The lowest BCUT2D eigenvalue weighted by Gasteiger charge is -2.05. The first-order chi connectivity index (χ1) is 10.0. The predicted molar refractivity (Wildman–Crippen MR) is 89.3 cm³/mol. The number of amides is 1. The molecule has 110 valence electrons. The summed E-state index contributed by atoms with van der Waals surface area (Å²) in [6.07, 6.45) is 0. The smallest absolute Gasteiger partial charge is 0.277 e. The number of benzene rings is 1. The van der Waals surface area contributed by atoms with Crippen LogP contribution in [0, 0.1) is 0 Å². The Kier molecular flexibility index (Phi) is 5.78. The molecule has 21 heavy (non-hydrogen) atoms. The minimum Gasteiger partial charge on any atom is -0.484 e. The van der Waals surface area contributed by atoms with Gasteiger partial charge in [0.2, 0.25) is 0 Å². The maximum Gasteiger partial charge on any atom is 0.277 e. The van der Waals surface area contributed by atoms with Gasteiger partial charge in [-0.25, -0.2) is 5.43 Å². The normalized spacial score (nSPS) is 11.3. The second-order valence-electron chi connectivity index (χ2n) is 4.08. The Bertz CT molecular complexity index is 655. The molecule has 1 aromatic heterocycles. The molecule has 4 nitrogen and oxygen atoms in total. The topological polar surface area (TPSA) is 50.7 Å². The van der Waals surface area contributed by atoms with Gasteiger partial charge in [-0.3, -0.25) is 4.79 Å². The highest BCUT2D eigenvalue weighted by molar-refractivity contribution is 9.10. The van der Waals surface area contributed by atoms with Crippen LogP contribution in [0.4, 0.5) is 0 Å². The fraction of sp³-hybridized carbons (Fsp3) is 0.143. The molecule has 1 heterocycles. The van der Waals surface area contributed by atoms with Crippen molar-refractivity contribution in [2.75, 3.05) is 6.61 Å². The molecule has 7 heteroatoms. The molecular formula is C14H12BrClN2O2S. The molecule has 0 aliphatic heterocycles. The van der Waals surface area contributed by atoms with Crippen LogP contribution >= 0.6 is 38.9 Å². The molecule has 1 N–H and O–H groups in total. The van der Waals surface area contributed by atoms with Crippen LogP contribution in [0.5, 0.6) is 5.75 Å². The van der Waals surface area contributed by atoms with Gasteiger partial charge in [-0.1, -0.05) is 27.5 Å². The van der Waals surface area contributed by atoms with Crippen LogP contribution < -0.4 is 10.2 Å². The van der Waals surface area contributed by atoms with Gasteiger partial charge in [0.1, 0.15) is 5.75 Å². The number of hydrogen-bond donors (Lipinski definition) is 1. The Morgan fingerprint density at radius 1 is 1.33 bits per heavy atom. The minimum absolute atomic E-state index is 0.0936. The number of hydrazone groups is 1. The number of thiophene rings is 1. The van der Waals surface area contributed by atoms with Crippen molar-refractivity contribution < 1.29 is 9.53 Å². The van der Waals surface area contributed by atoms with E-state index in [0.29, 0.717) is 15.8 Å². The van der Waals surface area contributed by atoms with E-state index in [1.807, 2.05) is 18.2 Å². The van der Waals surface area contributed by atoms with Gasteiger partial charge >= 0.3 is 0 Å². The molecule has 0 saturated heterocycles. The third-order valence-electron chi connectivity index (χ3n) is 2.46. The second kappa shape index (κ2) is 7.59. The molecule has 1 amide bonds. The van der Waals surface area contributed by atoms with E-state index in [1.54, 1.807) is 25.1 Å². The number of rotatable bonds is 5. The van der Waals surface area contributed by atoms with Crippen LogP contribution in [0.3, 0.4) is 0 Å². The van der Waals surface area contributed by atoms with Crippen molar-refractivity contribution >= 4 is 50.5 Å². The summed E-state index contributed by atoms with van der Waals surface area (Å²) in [4.78, 5) is 12.6. The third kappa shape index (κ3) is 5.15. The summed E-state index contributed by atoms with van der Waals surface area (Å²) in [7, 11) is 0. The fourth-order valence-electron chi connectivity index (χ4n) is 1.42. The summed E-state index contributed by atoms with van der Waals surface area (Å²) >= 11 is 10.6. The first-order valence-electron chi connectivity index (χ1n) is 6.02. The molecule has 0 aliphatic carbocycles. The van der Waals surface area contributed by atoms with E-state index in [4.69, 9.17) is 16.3 Å².